The molecule has 0 aliphatic heterocycles. The van der Waals surface area contributed by atoms with E-state index in [1.807, 2.05) is 48.5 Å². The van der Waals surface area contributed by atoms with Gasteiger partial charge in [0.1, 0.15) is 5.75 Å². The minimum atomic E-state index is -1.05. The molecule has 0 spiro atoms. The number of phenolic OH excluding ortho intramolecular Hbond substituents is 1. The molecule has 5 nitrogen and oxygen atoms in total. The number of nitrogens with zero attached hydrogens (tertiary/aromatic N) is 1. The Morgan fingerprint density at radius 3 is 2.25 bits per heavy atom. The number of carbonyl (C=O) groups is 2. The van der Waals surface area contributed by atoms with Crippen molar-refractivity contribution in [3.8, 4) is 27.3 Å². The fraction of sp³-hybridized carbons (Fsp3) is 0. The minimum absolute atomic E-state index is 0.0449. The third-order valence-corrected chi connectivity index (χ3v) is 7.25. The number of aromatic nitrogens is 1. The van der Waals surface area contributed by atoms with Gasteiger partial charge in [-0.1, -0.05) is 54.6 Å². The number of ketones is 1. The molecule has 0 radical (unpaired) electrons. The molecule has 5 rings (SSSR count). The summed E-state index contributed by atoms with van der Waals surface area (Å²) in [6, 6.07) is 21.9. The molecule has 156 valence electrons. The van der Waals surface area contributed by atoms with Crippen LogP contribution in [0.3, 0.4) is 0 Å². The second-order valence-electron chi connectivity index (χ2n) is 7.09. The van der Waals surface area contributed by atoms with E-state index in [-0.39, 0.29) is 16.5 Å². The Morgan fingerprint density at radius 1 is 0.844 bits per heavy atom. The van der Waals surface area contributed by atoms with Crippen LogP contribution in [0.5, 0.6) is 5.75 Å². The van der Waals surface area contributed by atoms with Crippen molar-refractivity contribution in [2.75, 3.05) is 0 Å². The lowest BCUT2D eigenvalue weighted by atomic mass is 9.97. The lowest BCUT2D eigenvalue weighted by molar-refractivity contribution is 0.0696. The SMILES string of the molecule is O=C(O)c1ncc(-c2ccc(-c3c(C(=O)c4ccccc4)sc4cc(O)ccc34)cc2)s1. The molecule has 0 saturated heterocycles. The van der Waals surface area contributed by atoms with E-state index in [4.69, 9.17) is 5.11 Å². The first kappa shape index (κ1) is 20.1. The van der Waals surface area contributed by atoms with Crippen molar-refractivity contribution in [1.82, 2.24) is 4.98 Å². The molecule has 2 heterocycles. The molecule has 0 unspecified atom stereocenters. The average molecular weight is 458 g/mol. The van der Waals surface area contributed by atoms with Gasteiger partial charge in [-0.3, -0.25) is 4.79 Å². The van der Waals surface area contributed by atoms with Crippen LogP contribution < -0.4 is 0 Å². The van der Waals surface area contributed by atoms with Gasteiger partial charge in [-0.2, -0.15) is 0 Å². The number of hydrogen-bond donors (Lipinski definition) is 2. The Balaban J connectivity index is 1.62. The molecule has 0 atom stereocenters. The van der Waals surface area contributed by atoms with Crippen molar-refractivity contribution in [2.45, 2.75) is 0 Å². The van der Waals surface area contributed by atoms with E-state index in [1.54, 1.807) is 30.5 Å². The van der Waals surface area contributed by atoms with Crippen molar-refractivity contribution < 1.29 is 19.8 Å². The summed E-state index contributed by atoms with van der Waals surface area (Å²) in [6.45, 7) is 0. The third kappa shape index (κ3) is 3.57. The topological polar surface area (TPSA) is 87.5 Å². The van der Waals surface area contributed by atoms with E-state index < -0.39 is 5.97 Å². The number of carboxylic acid groups (broad SMARTS) is 1. The number of carboxylic acids is 1. The van der Waals surface area contributed by atoms with Crippen LogP contribution in [-0.2, 0) is 0 Å². The van der Waals surface area contributed by atoms with Gasteiger partial charge in [0, 0.05) is 27.4 Å². The summed E-state index contributed by atoms with van der Waals surface area (Å²) < 4.78 is 0.830. The molecule has 0 amide bonds. The number of hydrogen-bond acceptors (Lipinski definition) is 6. The normalized spacial score (nSPS) is 11.0. The number of thiophene rings is 1. The summed E-state index contributed by atoms with van der Waals surface area (Å²) in [5.41, 5.74) is 3.15. The highest BCUT2D eigenvalue weighted by Gasteiger charge is 2.21. The lowest BCUT2D eigenvalue weighted by Gasteiger charge is -2.06. The molecule has 32 heavy (non-hydrogen) atoms. The predicted octanol–water partition coefficient (Wildman–Crippen LogP) is 6.33. The molecular weight excluding hydrogens is 442 g/mol. The van der Waals surface area contributed by atoms with E-state index in [9.17, 15) is 14.7 Å². The number of thiazole rings is 1. The highest BCUT2D eigenvalue weighted by Crippen LogP contribution is 2.42. The molecule has 0 fully saturated rings. The maximum Gasteiger partial charge on any atom is 0.365 e. The molecule has 0 aliphatic rings. The summed E-state index contributed by atoms with van der Waals surface area (Å²) in [7, 11) is 0. The van der Waals surface area contributed by atoms with E-state index in [0.717, 1.165) is 43.0 Å². The highest BCUT2D eigenvalue weighted by molar-refractivity contribution is 7.21. The molecule has 0 saturated carbocycles. The van der Waals surface area contributed by atoms with Gasteiger partial charge in [0.2, 0.25) is 10.8 Å². The number of aromatic carboxylic acids is 1. The van der Waals surface area contributed by atoms with Crippen LogP contribution in [0.1, 0.15) is 25.0 Å². The summed E-state index contributed by atoms with van der Waals surface area (Å²) >= 11 is 2.48. The first-order chi connectivity index (χ1) is 15.5. The van der Waals surface area contributed by atoms with Gasteiger partial charge in [0.25, 0.3) is 0 Å². The second-order valence-corrected chi connectivity index (χ2v) is 9.18. The maximum atomic E-state index is 13.3. The predicted molar refractivity (Wildman–Crippen MR) is 127 cm³/mol. The zero-order valence-corrected chi connectivity index (χ0v) is 18.1. The van der Waals surface area contributed by atoms with Crippen molar-refractivity contribution >= 4 is 44.5 Å². The Morgan fingerprint density at radius 2 is 1.56 bits per heavy atom. The number of rotatable bonds is 5. The van der Waals surface area contributed by atoms with Crippen LogP contribution in [0, 0.1) is 0 Å². The Bertz CT molecular complexity index is 1470. The van der Waals surface area contributed by atoms with Gasteiger partial charge < -0.3 is 10.2 Å². The Hall–Kier alpha value is -3.81. The number of carbonyl (C=O) groups excluding carboxylic acids is 1. The van der Waals surface area contributed by atoms with E-state index in [2.05, 4.69) is 4.98 Å². The fourth-order valence-electron chi connectivity index (χ4n) is 3.56. The monoisotopic (exact) mass is 457 g/mol. The Kier molecular flexibility index (Phi) is 5.05. The number of benzene rings is 3. The number of phenols is 1. The number of fused-ring (bicyclic) bond motifs is 1. The summed E-state index contributed by atoms with van der Waals surface area (Å²) in [4.78, 5) is 29.8. The van der Waals surface area contributed by atoms with Crippen molar-refractivity contribution in [3.05, 3.63) is 94.4 Å². The fourth-order valence-corrected chi connectivity index (χ4v) is 5.54. The molecule has 7 heteroatoms. The molecule has 0 aliphatic carbocycles. The first-order valence-electron chi connectivity index (χ1n) is 9.66. The van der Waals surface area contributed by atoms with Crippen molar-refractivity contribution in [1.29, 1.82) is 0 Å². The van der Waals surface area contributed by atoms with E-state index >= 15 is 0 Å². The molecular formula is C25H15NO4S2. The van der Waals surface area contributed by atoms with Crippen molar-refractivity contribution in [2.24, 2.45) is 0 Å². The highest BCUT2D eigenvalue weighted by atomic mass is 32.1. The zero-order chi connectivity index (χ0) is 22.2. The lowest BCUT2D eigenvalue weighted by Crippen LogP contribution is -2.00. The standard InChI is InChI=1S/C25H15NO4S2/c27-17-10-11-18-19(12-17)31-23(22(28)16-4-2-1-3-5-16)21(18)15-8-6-14(7-9-15)20-13-26-24(32-20)25(29)30/h1-13,27H,(H,29,30). The van der Waals surface area contributed by atoms with Crippen LogP contribution in [0.4, 0.5) is 0 Å². The van der Waals surface area contributed by atoms with Crippen molar-refractivity contribution in [3.63, 3.8) is 0 Å². The van der Waals surface area contributed by atoms with Crippen LogP contribution in [0.2, 0.25) is 0 Å². The largest absolute Gasteiger partial charge is 0.508 e. The third-order valence-electron chi connectivity index (χ3n) is 5.06. The van der Waals surface area contributed by atoms with Gasteiger partial charge in [0.05, 0.1) is 9.75 Å². The molecule has 3 aromatic carbocycles. The van der Waals surface area contributed by atoms with Crippen LogP contribution in [0.15, 0.2) is 79.0 Å². The van der Waals surface area contributed by atoms with Gasteiger partial charge in [-0.25, -0.2) is 9.78 Å². The molecule has 5 aromatic rings. The summed E-state index contributed by atoms with van der Waals surface area (Å²) in [6.07, 6.45) is 1.55. The van der Waals surface area contributed by atoms with Gasteiger partial charge in [-0.05, 0) is 29.3 Å². The first-order valence-corrected chi connectivity index (χ1v) is 11.3. The van der Waals surface area contributed by atoms with Crippen LogP contribution in [-0.4, -0.2) is 26.9 Å². The molecule has 2 aromatic heterocycles. The van der Waals surface area contributed by atoms with Gasteiger partial charge in [-0.15, -0.1) is 22.7 Å². The summed E-state index contributed by atoms with van der Waals surface area (Å²) in [5.74, 6) is -0.965. The molecule has 0 bridgehead atoms. The zero-order valence-electron chi connectivity index (χ0n) is 16.5. The average Bonchev–Trinajstić information content (AvgIpc) is 3.44. The van der Waals surface area contributed by atoms with Gasteiger partial charge in [0.15, 0.2) is 0 Å². The Labute approximate surface area is 190 Å². The van der Waals surface area contributed by atoms with Crippen LogP contribution in [0.25, 0.3) is 31.7 Å². The second kappa shape index (κ2) is 8.03. The maximum absolute atomic E-state index is 13.3. The smallest absolute Gasteiger partial charge is 0.365 e. The van der Waals surface area contributed by atoms with Gasteiger partial charge >= 0.3 is 5.97 Å². The van der Waals surface area contributed by atoms with E-state index in [0.29, 0.717) is 10.4 Å². The van der Waals surface area contributed by atoms with E-state index in [1.165, 1.54) is 11.3 Å². The molecule has 2 N–H and O–H groups in total. The summed E-state index contributed by atoms with van der Waals surface area (Å²) in [5, 5.41) is 20.0. The number of aromatic hydroxyl groups is 1. The minimum Gasteiger partial charge on any atom is -0.508 e. The van der Waals surface area contributed by atoms with Crippen LogP contribution >= 0.6 is 22.7 Å². The quantitative estimate of drug-likeness (QED) is 0.301.